The number of aromatic hydroxyl groups is 1. The molecular weight excluding hydrogens is 242 g/mol. The summed E-state index contributed by atoms with van der Waals surface area (Å²) >= 11 is 0. The minimum Gasteiger partial charge on any atom is -0.507 e. The summed E-state index contributed by atoms with van der Waals surface area (Å²) in [4.78, 5) is 14.5. The molecule has 0 bridgehead atoms. The van der Waals surface area contributed by atoms with Gasteiger partial charge in [0.1, 0.15) is 5.75 Å². The molecule has 1 N–H and O–H groups in total. The van der Waals surface area contributed by atoms with Crippen LogP contribution in [0.2, 0.25) is 0 Å². The molecule has 102 valence electrons. The molecule has 2 aliphatic rings. The maximum atomic E-state index is 12.6. The van der Waals surface area contributed by atoms with Crippen molar-refractivity contribution in [3.63, 3.8) is 0 Å². The molecule has 4 nitrogen and oxygen atoms in total. The average molecular weight is 261 g/mol. The van der Waals surface area contributed by atoms with E-state index in [-0.39, 0.29) is 23.8 Å². The molecule has 1 aliphatic carbocycles. The maximum absolute atomic E-state index is 12.6. The van der Waals surface area contributed by atoms with Gasteiger partial charge in [-0.2, -0.15) is 0 Å². The quantitative estimate of drug-likeness (QED) is 0.843. The van der Waals surface area contributed by atoms with Crippen molar-refractivity contribution >= 4 is 5.91 Å². The molecule has 1 saturated carbocycles. The zero-order valence-electron chi connectivity index (χ0n) is 10.9. The summed E-state index contributed by atoms with van der Waals surface area (Å²) in [6.45, 7) is 1.22. The highest BCUT2D eigenvalue weighted by Gasteiger charge is 2.37. The summed E-state index contributed by atoms with van der Waals surface area (Å²) in [6, 6.07) is 6.94. The second-order valence-electron chi connectivity index (χ2n) is 5.28. The lowest BCUT2D eigenvalue weighted by Crippen LogP contribution is -2.54. The molecule has 19 heavy (non-hydrogen) atoms. The summed E-state index contributed by atoms with van der Waals surface area (Å²) < 4.78 is 5.77. The number of morpholine rings is 1. The SMILES string of the molecule is O=C(c1ccccc1O)N1CCOC2CCCCC21. The Kier molecular flexibility index (Phi) is 3.42. The molecule has 3 rings (SSSR count). The summed E-state index contributed by atoms with van der Waals surface area (Å²) in [5, 5.41) is 9.83. The van der Waals surface area contributed by atoms with E-state index in [2.05, 4.69) is 0 Å². The zero-order valence-corrected chi connectivity index (χ0v) is 10.9. The van der Waals surface area contributed by atoms with E-state index in [1.54, 1.807) is 24.3 Å². The van der Waals surface area contributed by atoms with Gasteiger partial charge in [-0.3, -0.25) is 4.79 Å². The van der Waals surface area contributed by atoms with Gasteiger partial charge in [-0.15, -0.1) is 0 Å². The molecule has 2 unspecified atom stereocenters. The van der Waals surface area contributed by atoms with Crippen molar-refractivity contribution < 1.29 is 14.6 Å². The van der Waals surface area contributed by atoms with Crippen molar-refractivity contribution in [2.45, 2.75) is 37.8 Å². The van der Waals surface area contributed by atoms with Gasteiger partial charge in [0, 0.05) is 6.54 Å². The smallest absolute Gasteiger partial charge is 0.258 e. The molecule has 1 aromatic carbocycles. The summed E-state index contributed by atoms with van der Waals surface area (Å²) in [7, 11) is 0. The molecule has 1 amide bonds. The van der Waals surface area contributed by atoms with Gasteiger partial charge < -0.3 is 14.7 Å². The van der Waals surface area contributed by atoms with E-state index >= 15 is 0 Å². The molecule has 4 heteroatoms. The van der Waals surface area contributed by atoms with E-state index in [1.807, 2.05) is 4.90 Å². The summed E-state index contributed by atoms with van der Waals surface area (Å²) in [5.74, 6) is -0.00958. The normalized spacial score (nSPS) is 26.8. The number of phenols is 1. The largest absolute Gasteiger partial charge is 0.507 e. The van der Waals surface area contributed by atoms with Crippen LogP contribution in [0.15, 0.2) is 24.3 Å². The number of fused-ring (bicyclic) bond motifs is 1. The fourth-order valence-corrected chi connectivity index (χ4v) is 3.16. The lowest BCUT2D eigenvalue weighted by Gasteiger charge is -2.43. The third-order valence-corrected chi connectivity index (χ3v) is 4.13. The first kappa shape index (κ1) is 12.5. The van der Waals surface area contributed by atoms with Gasteiger partial charge in [-0.25, -0.2) is 0 Å². The molecule has 1 aromatic rings. The number of carbonyl (C=O) groups is 1. The highest BCUT2D eigenvalue weighted by molar-refractivity contribution is 5.97. The van der Waals surface area contributed by atoms with Crippen LogP contribution >= 0.6 is 0 Å². The molecule has 1 saturated heterocycles. The Bertz CT molecular complexity index is 472. The fourth-order valence-electron chi connectivity index (χ4n) is 3.16. The number of nitrogens with zero attached hydrogens (tertiary/aromatic N) is 1. The second kappa shape index (κ2) is 5.21. The second-order valence-corrected chi connectivity index (χ2v) is 5.28. The van der Waals surface area contributed by atoms with Crippen LogP contribution in [0.4, 0.5) is 0 Å². The van der Waals surface area contributed by atoms with Gasteiger partial charge in [0.25, 0.3) is 5.91 Å². The minimum absolute atomic E-state index is 0.0614. The average Bonchev–Trinajstić information content (AvgIpc) is 2.46. The molecule has 1 heterocycles. The number of rotatable bonds is 1. The Balaban J connectivity index is 1.84. The predicted molar refractivity (Wildman–Crippen MR) is 71.1 cm³/mol. The molecule has 1 aliphatic heterocycles. The van der Waals surface area contributed by atoms with Crippen LogP contribution < -0.4 is 0 Å². The third kappa shape index (κ3) is 2.32. The number of hydrogen-bond donors (Lipinski definition) is 1. The third-order valence-electron chi connectivity index (χ3n) is 4.13. The van der Waals surface area contributed by atoms with Crippen molar-refractivity contribution in [1.82, 2.24) is 4.90 Å². The Labute approximate surface area is 113 Å². The standard InChI is InChI=1S/C15H19NO3/c17-13-7-3-1-5-11(13)15(18)16-9-10-19-14-8-4-2-6-12(14)16/h1,3,5,7,12,14,17H,2,4,6,8-10H2. The highest BCUT2D eigenvalue weighted by atomic mass is 16.5. The van der Waals surface area contributed by atoms with Crippen molar-refractivity contribution in [2.24, 2.45) is 0 Å². The molecule has 0 aromatic heterocycles. The molecule has 2 atom stereocenters. The van der Waals surface area contributed by atoms with E-state index in [9.17, 15) is 9.90 Å². The van der Waals surface area contributed by atoms with Gasteiger partial charge in [0.2, 0.25) is 0 Å². The van der Waals surface area contributed by atoms with Crippen LogP contribution in [0.25, 0.3) is 0 Å². The van der Waals surface area contributed by atoms with Crippen molar-refractivity contribution in [3.8, 4) is 5.75 Å². The van der Waals surface area contributed by atoms with E-state index in [0.29, 0.717) is 18.7 Å². The Morgan fingerprint density at radius 2 is 2.05 bits per heavy atom. The van der Waals surface area contributed by atoms with Gasteiger partial charge in [-0.1, -0.05) is 25.0 Å². The summed E-state index contributed by atoms with van der Waals surface area (Å²) in [6.07, 6.45) is 4.55. The minimum atomic E-state index is -0.0710. The first-order valence-electron chi connectivity index (χ1n) is 6.98. The van der Waals surface area contributed by atoms with Gasteiger partial charge in [0.05, 0.1) is 24.3 Å². The van der Waals surface area contributed by atoms with Crippen molar-refractivity contribution in [1.29, 1.82) is 0 Å². The van der Waals surface area contributed by atoms with Crippen LogP contribution in [0.1, 0.15) is 36.0 Å². The lowest BCUT2D eigenvalue weighted by atomic mass is 9.89. The maximum Gasteiger partial charge on any atom is 0.258 e. The molecular formula is C15H19NO3. The van der Waals surface area contributed by atoms with E-state index in [0.717, 1.165) is 19.3 Å². The van der Waals surface area contributed by atoms with E-state index in [1.165, 1.54) is 6.42 Å². The Hall–Kier alpha value is -1.55. The van der Waals surface area contributed by atoms with E-state index < -0.39 is 0 Å². The first-order valence-corrected chi connectivity index (χ1v) is 6.98. The molecule has 0 spiro atoms. The first-order chi connectivity index (χ1) is 9.27. The number of benzene rings is 1. The molecule has 0 radical (unpaired) electrons. The number of amides is 1. The predicted octanol–water partition coefficient (Wildman–Crippen LogP) is 2.18. The fraction of sp³-hybridized carbons (Fsp3) is 0.533. The number of hydrogen-bond acceptors (Lipinski definition) is 3. The Morgan fingerprint density at radius 3 is 2.89 bits per heavy atom. The Morgan fingerprint density at radius 1 is 1.26 bits per heavy atom. The lowest BCUT2D eigenvalue weighted by molar-refractivity contribution is -0.0753. The van der Waals surface area contributed by atoms with Crippen molar-refractivity contribution in [2.75, 3.05) is 13.2 Å². The van der Waals surface area contributed by atoms with Crippen LogP contribution in [-0.4, -0.2) is 41.2 Å². The number of ether oxygens (including phenoxy) is 1. The van der Waals surface area contributed by atoms with Crippen molar-refractivity contribution in [3.05, 3.63) is 29.8 Å². The van der Waals surface area contributed by atoms with Crippen LogP contribution in [0.3, 0.4) is 0 Å². The van der Waals surface area contributed by atoms with Crippen LogP contribution in [0.5, 0.6) is 5.75 Å². The van der Waals surface area contributed by atoms with Gasteiger partial charge >= 0.3 is 0 Å². The van der Waals surface area contributed by atoms with Gasteiger partial charge in [0.15, 0.2) is 0 Å². The zero-order chi connectivity index (χ0) is 13.2. The topological polar surface area (TPSA) is 49.8 Å². The monoisotopic (exact) mass is 261 g/mol. The van der Waals surface area contributed by atoms with Crippen LogP contribution in [-0.2, 0) is 4.74 Å². The summed E-state index contributed by atoms with van der Waals surface area (Å²) in [5.41, 5.74) is 0.397. The van der Waals surface area contributed by atoms with E-state index in [4.69, 9.17) is 4.74 Å². The number of carbonyl (C=O) groups excluding carboxylic acids is 1. The van der Waals surface area contributed by atoms with Gasteiger partial charge in [-0.05, 0) is 25.0 Å². The number of phenolic OH excluding ortho intramolecular Hbond substituents is 1. The highest BCUT2D eigenvalue weighted by Crippen LogP contribution is 2.30. The molecule has 2 fully saturated rings. The number of para-hydroxylation sites is 1. The van der Waals surface area contributed by atoms with Crippen LogP contribution in [0, 0.1) is 0 Å².